The van der Waals surface area contributed by atoms with Crippen LogP contribution in [-0.4, -0.2) is 26.3 Å². The van der Waals surface area contributed by atoms with E-state index >= 15 is 0 Å². The van der Waals surface area contributed by atoms with Crippen LogP contribution in [0.3, 0.4) is 0 Å². The normalized spacial score (nSPS) is 17.1. The molecule has 0 unspecified atom stereocenters. The molecule has 0 bridgehead atoms. The largest absolute Gasteiger partial charge is 0.398 e. The molecule has 2 rings (SSSR count). The Bertz CT molecular complexity index is 324. The molecule has 1 aliphatic heterocycles. The number of hydrogen-bond acceptors (Lipinski definition) is 3. The van der Waals surface area contributed by atoms with E-state index in [4.69, 9.17) is 10.5 Å². The molecule has 1 aromatic carbocycles. The topological polar surface area (TPSA) is 38.5 Å². The van der Waals surface area contributed by atoms with Crippen molar-refractivity contribution in [1.82, 2.24) is 0 Å². The lowest BCUT2D eigenvalue weighted by Gasteiger charge is -2.29. The SMILES string of the molecule is Nc1cc(N2CCOCC2)ccc1Br. The molecule has 4 heteroatoms. The number of halogens is 1. The third kappa shape index (κ3) is 2.01. The molecular formula is C10H13BrN2O. The maximum absolute atomic E-state index is 5.82. The minimum Gasteiger partial charge on any atom is -0.398 e. The van der Waals surface area contributed by atoms with Gasteiger partial charge in [0.1, 0.15) is 0 Å². The zero-order chi connectivity index (χ0) is 9.97. The Labute approximate surface area is 92.0 Å². The van der Waals surface area contributed by atoms with E-state index in [0.717, 1.165) is 36.5 Å². The Balaban J connectivity index is 2.18. The minimum atomic E-state index is 0.786. The summed E-state index contributed by atoms with van der Waals surface area (Å²) in [5.74, 6) is 0. The smallest absolute Gasteiger partial charge is 0.0642 e. The lowest BCUT2D eigenvalue weighted by molar-refractivity contribution is 0.122. The number of nitrogen functional groups attached to an aromatic ring is 1. The fraction of sp³-hybridized carbons (Fsp3) is 0.400. The van der Waals surface area contributed by atoms with Gasteiger partial charge in [0.05, 0.1) is 13.2 Å². The lowest BCUT2D eigenvalue weighted by atomic mass is 10.2. The highest BCUT2D eigenvalue weighted by Gasteiger charge is 2.11. The molecule has 1 saturated heterocycles. The molecule has 1 fully saturated rings. The minimum absolute atomic E-state index is 0.786. The fourth-order valence-electron chi connectivity index (χ4n) is 1.55. The van der Waals surface area contributed by atoms with Gasteiger partial charge in [0.15, 0.2) is 0 Å². The number of rotatable bonds is 1. The quantitative estimate of drug-likeness (QED) is 0.780. The summed E-state index contributed by atoms with van der Waals surface area (Å²) in [5.41, 5.74) is 7.78. The molecular weight excluding hydrogens is 244 g/mol. The number of ether oxygens (including phenoxy) is 1. The van der Waals surface area contributed by atoms with Gasteiger partial charge < -0.3 is 15.4 Å². The third-order valence-corrected chi connectivity index (χ3v) is 3.08. The second-order valence-corrected chi connectivity index (χ2v) is 4.16. The predicted octanol–water partition coefficient (Wildman–Crippen LogP) is 1.87. The lowest BCUT2D eigenvalue weighted by Crippen LogP contribution is -2.36. The van der Waals surface area contributed by atoms with Crippen LogP contribution >= 0.6 is 15.9 Å². The molecule has 0 aliphatic carbocycles. The van der Waals surface area contributed by atoms with E-state index in [0.29, 0.717) is 0 Å². The van der Waals surface area contributed by atoms with Gasteiger partial charge >= 0.3 is 0 Å². The summed E-state index contributed by atoms with van der Waals surface area (Å²) in [4.78, 5) is 2.28. The van der Waals surface area contributed by atoms with Crippen molar-refractivity contribution in [1.29, 1.82) is 0 Å². The van der Waals surface area contributed by atoms with Gasteiger partial charge in [0, 0.05) is 28.9 Å². The van der Waals surface area contributed by atoms with Gasteiger partial charge in [-0.15, -0.1) is 0 Å². The van der Waals surface area contributed by atoms with E-state index in [1.54, 1.807) is 0 Å². The summed E-state index contributed by atoms with van der Waals surface area (Å²) in [7, 11) is 0. The molecule has 0 radical (unpaired) electrons. The standard InChI is InChI=1S/C10H13BrN2O/c11-9-2-1-8(7-10(9)12)13-3-5-14-6-4-13/h1-2,7H,3-6,12H2. The molecule has 1 aromatic rings. The van der Waals surface area contributed by atoms with Gasteiger partial charge in [-0.3, -0.25) is 0 Å². The number of anilines is 2. The van der Waals surface area contributed by atoms with Crippen LogP contribution in [0.1, 0.15) is 0 Å². The first-order valence-corrected chi connectivity index (χ1v) is 5.44. The van der Waals surface area contributed by atoms with Crippen LogP contribution in [0, 0.1) is 0 Å². The van der Waals surface area contributed by atoms with Gasteiger partial charge in [-0.2, -0.15) is 0 Å². The van der Waals surface area contributed by atoms with Gasteiger partial charge in [0.25, 0.3) is 0 Å². The average molecular weight is 257 g/mol. The van der Waals surface area contributed by atoms with Crippen molar-refractivity contribution in [3.8, 4) is 0 Å². The summed E-state index contributed by atoms with van der Waals surface area (Å²) in [6, 6.07) is 6.06. The first kappa shape index (κ1) is 9.80. The average Bonchev–Trinajstić information content (AvgIpc) is 2.23. The first-order valence-electron chi connectivity index (χ1n) is 4.65. The molecule has 0 spiro atoms. The second-order valence-electron chi connectivity index (χ2n) is 3.31. The number of nitrogens with two attached hydrogens (primary N) is 1. The van der Waals surface area contributed by atoms with E-state index in [2.05, 4.69) is 26.9 Å². The first-order chi connectivity index (χ1) is 6.77. The van der Waals surface area contributed by atoms with E-state index in [9.17, 15) is 0 Å². The molecule has 3 nitrogen and oxygen atoms in total. The Hall–Kier alpha value is -0.740. The van der Waals surface area contributed by atoms with Crippen LogP contribution in [0.15, 0.2) is 22.7 Å². The van der Waals surface area contributed by atoms with E-state index < -0.39 is 0 Å². The summed E-state index contributed by atoms with van der Waals surface area (Å²) >= 11 is 3.39. The summed E-state index contributed by atoms with van der Waals surface area (Å²) in [5, 5.41) is 0. The highest BCUT2D eigenvalue weighted by atomic mass is 79.9. The summed E-state index contributed by atoms with van der Waals surface area (Å²) in [6.45, 7) is 3.49. The Morgan fingerprint density at radius 3 is 2.64 bits per heavy atom. The number of benzene rings is 1. The summed E-state index contributed by atoms with van der Waals surface area (Å²) < 4.78 is 6.25. The highest BCUT2D eigenvalue weighted by molar-refractivity contribution is 9.10. The van der Waals surface area contributed by atoms with Crippen molar-refractivity contribution in [2.24, 2.45) is 0 Å². The van der Waals surface area contributed by atoms with E-state index in [1.165, 1.54) is 5.69 Å². The van der Waals surface area contributed by atoms with Crippen molar-refractivity contribution in [2.75, 3.05) is 36.9 Å². The highest BCUT2D eigenvalue weighted by Crippen LogP contribution is 2.25. The predicted molar refractivity (Wildman–Crippen MR) is 61.6 cm³/mol. The second kappa shape index (κ2) is 4.19. The zero-order valence-corrected chi connectivity index (χ0v) is 9.46. The van der Waals surface area contributed by atoms with E-state index in [-0.39, 0.29) is 0 Å². The molecule has 2 N–H and O–H groups in total. The van der Waals surface area contributed by atoms with Crippen molar-refractivity contribution in [3.63, 3.8) is 0 Å². The molecule has 1 aliphatic rings. The maximum Gasteiger partial charge on any atom is 0.0642 e. The van der Waals surface area contributed by atoms with Crippen LogP contribution in [0.4, 0.5) is 11.4 Å². The van der Waals surface area contributed by atoms with E-state index in [1.807, 2.05) is 12.1 Å². The molecule has 14 heavy (non-hydrogen) atoms. The van der Waals surface area contributed by atoms with Crippen molar-refractivity contribution < 1.29 is 4.74 Å². The van der Waals surface area contributed by atoms with Crippen LogP contribution in [-0.2, 0) is 4.74 Å². The molecule has 0 atom stereocenters. The van der Waals surface area contributed by atoms with Gasteiger partial charge in [-0.1, -0.05) is 0 Å². The third-order valence-electron chi connectivity index (χ3n) is 2.36. The van der Waals surface area contributed by atoms with Gasteiger partial charge in [-0.25, -0.2) is 0 Å². The Morgan fingerprint density at radius 1 is 1.29 bits per heavy atom. The Kier molecular flexibility index (Phi) is 2.93. The monoisotopic (exact) mass is 256 g/mol. The Morgan fingerprint density at radius 2 is 2.00 bits per heavy atom. The number of nitrogens with zero attached hydrogens (tertiary/aromatic N) is 1. The van der Waals surface area contributed by atoms with Crippen LogP contribution in [0.25, 0.3) is 0 Å². The van der Waals surface area contributed by atoms with Crippen LogP contribution in [0.5, 0.6) is 0 Å². The number of morpholine rings is 1. The molecule has 76 valence electrons. The van der Waals surface area contributed by atoms with Crippen molar-refractivity contribution >= 4 is 27.3 Å². The van der Waals surface area contributed by atoms with Gasteiger partial charge in [0.2, 0.25) is 0 Å². The summed E-state index contributed by atoms with van der Waals surface area (Å²) in [6.07, 6.45) is 0. The van der Waals surface area contributed by atoms with Crippen molar-refractivity contribution in [2.45, 2.75) is 0 Å². The van der Waals surface area contributed by atoms with Crippen LogP contribution < -0.4 is 10.6 Å². The fourth-order valence-corrected chi connectivity index (χ4v) is 1.80. The molecule has 0 aromatic heterocycles. The molecule has 0 amide bonds. The molecule has 0 saturated carbocycles. The van der Waals surface area contributed by atoms with Gasteiger partial charge in [-0.05, 0) is 34.1 Å². The molecule has 1 heterocycles. The zero-order valence-electron chi connectivity index (χ0n) is 7.87. The number of hydrogen-bond donors (Lipinski definition) is 1. The van der Waals surface area contributed by atoms with Crippen molar-refractivity contribution in [3.05, 3.63) is 22.7 Å². The van der Waals surface area contributed by atoms with Crippen LogP contribution in [0.2, 0.25) is 0 Å². The maximum atomic E-state index is 5.82.